The Morgan fingerprint density at radius 3 is 2.55 bits per heavy atom. The molecule has 2 fully saturated rings. The number of amides is 1. The summed E-state index contributed by atoms with van der Waals surface area (Å²) in [6.07, 6.45) is 5.53. The molecule has 1 heterocycles. The van der Waals surface area contributed by atoms with Crippen molar-refractivity contribution in [2.75, 3.05) is 39.3 Å². The fraction of sp³-hybridized carbons (Fsp3) is 0.938. The molecule has 1 amide bonds. The third kappa shape index (κ3) is 4.19. The Bertz CT molecular complexity index is 307. The molecule has 0 aromatic carbocycles. The number of rotatable bonds is 7. The van der Waals surface area contributed by atoms with E-state index in [1.165, 1.54) is 6.42 Å². The summed E-state index contributed by atoms with van der Waals surface area (Å²) in [6.45, 7) is 10.9. The predicted molar refractivity (Wildman–Crippen MR) is 82.7 cm³/mol. The zero-order valence-corrected chi connectivity index (χ0v) is 13.2. The van der Waals surface area contributed by atoms with Crippen LogP contribution in [0.2, 0.25) is 0 Å². The third-order valence-electron chi connectivity index (χ3n) is 4.74. The molecule has 1 aliphatic carbocycles. The van der Waals surface area contributed by atoms with E-state index in [1.54, 1.807) is 0 Å². The van der Waals surface area contributed by atoms with E-state index >= 15 is 0 Å². The lowest BCUT2D eigenvalue weighted by molar-refractivity contribution is -0.137. The number of nitrogens with one attached hydrogen (secondary N) is 2. The summed E-state index contributed by atoms with van der Waals surface area (Å²) >= 11 is 0. The number of piperazine rings is 1. The first-order valence-electron chi connectivity index (χ1n) is 8.34. The Kier molecular flexibility index (Phi) is 5.85. The molecular weight excluding hydrogens is 250 g/mol. The van der Waals surface area contributed by atoms with E-state index in [-0.39, 0.29) is 5.41 Å². The van der Waals surface area contributed by atoms with Crippen LogP contribution < -0.4 is 10.6 Å². The van der Waals surface area contributed by atoms with Crippen LogP contribution in [0.15, 0.2) is 0 Å². The average molecular weight is 281 g/mol. The number of hydrogen-bond donors (Lipinski definition) is 2. The first-order valence-corrected chi connectivity index (χ1v) is 8.34. The van der Waals surface area contributed by atoms with Gasteiger partial charge < -0.3 is 15.5 Å². The zero-order chi connectivity index (χ0) is 14.4. The highest BCUT2D eigenvalue weighted by Crippen LogP contribution is 2.46. The van der Waals surface area contributed by atoms with E-state index in [9.17, 15) is 4.79 Å². The van der Waals surface area contributed by atoms with E-state index in [0.717, 1.165) is 65.0 Å². The van der Waals surface area contributed by atoms with Crippen LogP contribution >= 0.6 is 0 Å². The highest BCUT2D eigenvalue weighted by Gasteiger charge is 2.43. The van der Waals surface area contributed by atoms with Crippen LogP contribution in [0.1, 0.15) is 46.0 Å². The zero-order valence-electron chi connectivity index (χ0n) is 13.2. The second kappa shape index (κ2) is 7.41. The maximum Gasteiger partial charge on any atom is 0.226 e. The molecule has 0 radical (unpaired) electrons. The monoisotopic (exact) mass is 281 g/mol. The van der Waals surface area contributed by atoms with Crippen LogP contribution in [0.3, 0.4) is 0 Å². The Hall–Kier alpha value is -0.610. The molecule has 0 atom stereocenters. The minimum atomic E-state index is -0.0246. The average Bonchev–Trinajstić information content (AvgIpc) is 2.39. The molecule has 116 valence electrons. The number of carbonyl (C=O) groups is 1. The molecule has 20 heavy (non-hydrogen) atoms. The van der Waals surface area contributed by atoms with Gasteiger partial charge in [-0.1, -0.05) is 20.3 Å². The van der Waals surface area contributed by atoms with E-state index in [2.05, 4.69) is 29.4 Å². The fourth-order valence-corrected chi connectivity index (χ4v) is 3.54. The summed E-state index contributed by atoms with van der Waals surface area (Å²) in [5.74, 6) is 0.930. The molecule has 0 aromatic rings. The van der Waals surface area contributed by atoms with Crippen molar-refractivity contribution in [1.29, 1.82) is 0 Å². The van der Waals surface area contributed by atoms with Gasteiger partial charge in [0.2, 0.25) is 5.91 Å². The smallest absolute Gasteiger partial charge is 0.226 e. The number of nitrogens with zero attached hydrogens (tertiary/aromatic N) is 1. The maximum absolute atomic E-state index is 12.4. The molecule has 0 unspecified atom stereocenters. The molecule has 0 aromatic heterocycles. The predicted octanol–water partition coefficient (Wildman–Crippen LogP) is 1.61. The van der Waals surface area contributed by atoms with Gasteiger partial charge in [-0.3, -0.25) is 4.79 Å². The molecule has 1 saturated carbocycles. The second-order valence-electron chi connectivity index (χ2n) is 6.93. The SMILES string of the molecule is CC(C)CC1(C(=O)NCCCN2CCNCC2)CCC1. The Morgan fingerprint density at radius 1 is 1.30 bits per heavy atom. The number of hydrogen-bond acceptors (Lipinski definition) is 3. The molecule has 4 heteroatoms. The van der Waals surface area contributed by atoms with Crippen molar-refractivity contribution in [3.63, 3.8) is 0 Å². The van der Waals surface area contributed by atoms with Crippen molar-refractivity contribution in [1.82, 2.24) is 15.5 Å². The summed E-state index contributed by atoms with van der Waals surface area (Å²) in [7, 11) is 0. The maximum atomic E-state index is 12.4. The van der Waals surface area contributed by atoms with Gasteiger partial charge in [-0.25, -0.2) is 0 Å². The van der Waals surface area contributed by atoms with Crippen molar-refractivity contribution in [2.45, 2.75) is 46.0 Å². The van der Waals surface area contributed by atoms with Crippen molar-refractivity contribution in [3.8, 4) is 0 Å². The normalized spacial score (nSPS) is 22.6. The van der Waals surface area contributed by atoms with Gasteiger partial charge in [0.15, 0.2) is 0 Å². The van der Waals surface area contributed by atoms with Crippen LogP contribution in [0.25, 0.3) is 0 Å². The fourth-order valence-electron chi connectivity index (χ4n) is 3.54. The van der Waals surface area contributed by atoms with Gasteiger partial charge in [-0.2, -0.15) is 0 Å². The minimum absolute atomic E-state index is 0.0246. The highest BCUT2D eigenvalue weighted by atomic mass is 16.2. The highest BCUT2D eigenvalue weighted by molar-refractivity contribution is 5.83. The van der Waals surface area contributed by atoms with E-state index < -0.39 is 0 Å². The molecule has 1 aliphatic heterocycles. The van der Waals surface area contributed by atoms with Crippen molar-refractivity contribution in [3.05, 3.63) is 0 Å². The summed E-state index contributed by atoms with van der Waals surface area (Å²) in [6, 6.07) is 0. The molecule has 2 N–H and O–H groups in total. The first kappa shape index (κ1) is 15.8. The minimum Gasteiger partial charge on any atom is -0.356 e. The molecule has 4 nitrogen and oxygen atoms in total. The lowest BCUT2D eigenvalue weighted by atomic mass is 9.64. The molecule has 1 saturated heterocycles. The first-order chi connectivity index (χ1) is 9.62. The summed E-state index contributed by atoms with van der Waals surface area (Å²) in [4.78, 5) is 14.9. The van der Waals surface area contributed by atoms with Crippen LogP contribution in [-0.2, 0) is 4.79 Å². The van der Waals surface area contributed by atoms with Crippen molar-refractivity contribution >= 4 is 5.91 Å². The lowest BCUT2D eigenvalue weighted by Crippen LogP contribution is -2.47. The topological polar surface area (TPSA) is 44.4 Å². The van der Waals surface area contributed by atoms with Gasteiger partial charge in [0.1, 0.15) is 0 Å². The van der Waals surface area contributed by atoms with E-state index in [1.807, 2.05) is 0 Å². The Balaban J connectivity index is 1.64. The summed E-state index contributed by atoms with van der Waals surface area (Å²) in [5.41, 5.74) is -0.0246. The van der Waals surface area contributed by atoms with Crippen LogP contribution in [-0.4, -0.2) is 50.1 Å². The Labute approximate surface area is 123 Å². The summed E-state index contributed by atoms with van der Waals surface area (Å²) in [5, 5.41) is 6.55. The van der Waals surface area contributed by atoms with E-state index in [4.69, 9.17) is 0 Å². The molecular formula is C16H31N3O. The van der Waals surface area contributed by atoms with Gasteiger partial charge in [0, 0.05) is 38.1 Å². The van der Waals surface area contributed by atoms with E-state index in [0.29, 0.717) is 11.8 Å². The molecule has 2 aliphatic rings. The molecule has 2 rings (SSSR count). The van der Waals surface area contributed by atoms with Gasteiger partial charge >= 0.3 is 0 Å². The van der Waals surface area contributed by atoms with Crippen LogP contribution in [0, 0.1) is 11.3 Å². The lowest BCUT2D eigenvalue weighted by Gasteiger charge is -2.41. The number of carbonyl (C=O) groups excluding carboxylic acids is 1. The largest absolute Gasteiger partial charge is 0.356 e. The van der Waals surface area contributed by atoms with Gasteiger partial charge in [-0.15, -0.1) is 0 Å². The molecule has 0 spiro atoms. The summed E-state index contributed by atoms with van der Waals surface area (Å²) < 4.78 is 0. The second-order valence-corrected chi connectivity index (χ2v) is 6.93. The van der Waals surface area contributed by atoms with Gasteiger partial charge in [0.25, 0.3) is 0 Å². The van der Waals surface area contributed by atoms with Crippen molar-refractivity contribution < 1.29 is 4.79 Å². The quantitative estimate of drug-likeness (QED) is 0.697. The third-order valence-corrected chi connectivity index (χ3v) is 4.74. The van der Waals surface area contributed by atoms with Gasteiger partial charge in [0.05, 0.1) is 0 Å². The van der Waals surface area contributed by atoms with Crippen LogP contribution in [0.4, 0.5) is 0 Å². The Morgan fingerprint density at radius 2 is 2.00 bits per heavy atom. The molecule has 0 bridgehead atoms. The van der Waals surface area contributed by atoms with Crippen LogP contribution in [0.5, 0.6) is 0 Å². The van der Waals surface area contributed by atoms with Crippen molar-refractivity contribution in [2.24, 2.45) is 11.3 Å². The standard InChI is InChI=1S/C16H31N3O/c1-14(2)13-16(5-3-6-16)15(20)18-7-4-10-19-11-8-17-9-12-19/h14,17H,3-13H2,1-2H3,(H,18,20). The van der Waals surface area contributed by atoms with Gasteiger partial charge in [-0.05, 0) is 38.1 Å².